The number of aliphatic carboxylic acids is 1. The van der Waals surface area contributed by atoms with Crippen molar-refractivity contribution in [1.29, 1.82) is 0 Å². The molecule has 7 heteroatoms. The monoisotopic (exact) mass is 313 g/mol. The van der Waals surface area contributed by atoms with Crippen LogP contribution >= 0.6 is 0 Å². The molecule has 0 saturated carbocycles. The van der Waals surface area contributed by atoms with Crippen molar-refractivity contribution < 1.29 is 23.4 Å². The lowest BCUT2D eigenvalue weighted by Gasteiger charge is -2.34. The molecule has 1 heterocycles. The maximum absolute atomic E-state index is 12.6. The molecule has 2 rings (SSSR count). The van der Waals surface area contributed by atoms with Gasteiger partial charge in [0.25, 0.3) is 0 Å². The summed E-state index contributed by atoms with van der Waals surface area (Å²) in [6.45, 7) is 3.54. The van der Waals surface area contributed by atoms with Crippen molar-refractivity contribution in [3.8, 4) is 0 Å². The molecule has 1 fully saturated rings. The third kappa shape index (κ3) is 2.95. The van der Waals surface area contributed by atoms with E-state index >= 15 is 0 Å². The van der Waals surface area contributed by atoms with E-state index in [2.05, 4.69) is 0 Å². The van der Waals surface area contributed by atoms with Crippen LogP contribution in [-0.2, 0) is 14.8 Å². The summed E-state index contributed by atoms with van der Waals surface area (Å²) in [5, 5.41) is 18.8. The van der Waals surface area contributed by atoms with Crippen molar-refractivity contribution in [3.63, 3.8) is 0 Å². The molecule has 0 radical (unpaired) electrons. The average molecular weight is 313 g/mol. The molecule has 1 aromatic rings. The molecule has 116 valence electrons. The predicted molar refractivity (Wildman–Crippen MR) is 76.5 cm³/mol. The Hall–Kier alpha value is -1.44. The summed E-state index contributed by atoms with van der Waals surface area (Å²) in [5.74, 6) is -1.30. The second kappa shape index (κ2) is 5.40. The fourth-order valence-corrected chi connectivity index (χ4v) is 4.19. The van der Waals surface area contributed by atoms with Gasteiger partial charge in [0.15, 0.2) is 5.60 Å². The standard InChI is InChI=1S/C14H19NO5S/c1-10-3-4-11(2)12(9-10)21(19,20)15-7-5-14(18,6-8-15)13(16)17/h3-4,9,18H,5-8H2,1-2H3,(H,16,17). The highest BCUT2D eigenvalue weighted by atomic mass is 32.2. The van der Waals surface area contributed by atoms with E-state index in [0.29, 0.717) is 5.56 Å². The van der Waals surface area contributed by atoms with Crippen LogP contribution in [0, 0.1) is 13.8 Å². The van der Waals surface area contributed by atoms with E-state index in [-0.39, 0.29) is 30.8 Å². The van der Waals surface area contributed by atoms with Gasteiger partial charge in [-0.25, -0.2) is 13.2 Å². The molecule has 0 atom stereocenters. The molecular formula is C14H19NO5S. The molecule has 0 bridgehead atoms. The predicted octanol–water partition coefficient (Wildman–Crippen LogP) is 0.904. The number of carboxylic acid groups (broad SMARTS) is 1. The molecule has 0 unspecified atom stereocenters. The zero-order valence-corrected chi connectivity index (χ0v) is 12.9. The van der Waals surface area contributed by atoms with Gasteiger partial charge in [-0.05, 0) is 31.0 Å². The molecule has 1 aliphatic rings. The summed E-state index contributed by atoms with van der Waals surface area (Å²) in [5.41, 5.74) is -0.328. The molecule has 0 amide bonds. The molecule has 0 aromatic heterocycles. The number of hydrogen-bond donors (Lipinski definition) is 2. The van der Waals surface area contributed by atoms with Crippen molar-refractivity contribution in [2.75, 3.05) is 13.1 Å². The SMILES string of the molecule is Cc1ccc(C)c(S(=O)(=O)N2CCC(O)(C(=O)O)CC2)c1. The summed E-state index contributed by atoms with van der Waals surface area (Å²) < 4.78 is 26.5. The molecule has 1 aliphatic heterocycles. The maximum atomic E-state index is 12.6. The molecule has 0 aliphatic carbocycles. The molecule has 0 spiro atoms. The number of carboxylic acids is 1. The number of aryl methyl sites for hydroxylation is 2. The van der Waals surface area contributed by atoms with Crippen molar-refractivity contribution in [2.24, 2.45) is 0 Å². The average Bonchev–Trinajstić information content (AvgIpc) is 2.41. The normalized spacial score (nSPS) is 19.4. The van der Waals surface area contributed by atoms with Gasteiger partial charge in [-0.2, -0.15) is 4.31 Å². The Morgan fingerprint density at radius 2 is 1.81 bits per heavy atom. The Kier molecular flexibility index (Phi) is 4.10. The third-order valence-corrected chi connectivity index (χ3v) is 5.95. The minimum Gasteiger partial charge on any atom is -0.479 e. The van der Waals surface area contributed by atoms with Crippen LogP contribution < -0.4 is 0 Å². The molecule has 1 aromatic carbocycles. The fraction of sp³-hybridized carbons (Fsp3) is 0.500. The highest BCUT2D eigenvalue weighted by molar-refractivity contribution is 7.89. The molecule has 6 nitrogen and oxygen atoms in total. The van der Waals surface area contributed by atoms with Crippen LogP contribution in [0.15, 0.2) is 23.1 Å². The number of nitrogens with zero attached hydrogens (tertiary/aromatic N) is 1. The van der Waals surface area contributed by atoms with E-state index in [1.54, 1.807) is 19.1 Å². The number of aliphatic hydroxyl groups is 1. The Morgan fingerprint density at radius 3 is 2.33 bits per heavy atom. The van der Waals surface area contributed by atoms with Crippen LogP contribution in [-0.4, -0.2) is 47.6 Å². The first-order valence-electron chi connectivity index (χ1n) is 6.70. The smallest absolute Gasteiger partial charge is 0.335 e. The van der Waals surface area contributed by atoms with E-state index in [0.717, 1.165) is 5.56 Å². The van der Waals surface area contributed by atoms with Crippen LogP contribution in [0.25, 0.3) is 0 Å². The van der Waals surface area contributed by atoms with Crippen molar-refractivity contribution in [3.05, 3.63) is 29.3 Å². The van der Waals surface area contributed by atoms with Gasteiger partial charge in [0, 0.05) is 25.9 Å². The number of carbonyl (C=O) groups is 1. The highest BCUT2D eigenvalue weighted by Gasteiger charge is 2.42. The first kappa shape index (κ1) is 15.9. The Balaban J connectivity index is 2.27. The van der Waals surface area contributed by atoms with Gasteiger partial charge in [0.1, 0.15) is 0 Å². The van der Waals surface area contributed by atoms with Gasteiger partial charge in [-0.1, -0.05) is 12.1 Å². The lowest BCUT2D eigenvalue weighted by molar-refractivity contribution is -0.162. The van der Waals surface area contributed by atoms with Crippen LogP contribution in [0.5, 0.6) is 0 Å². The van der Waals surface area contributed by atoms with Crippen molar-refractivity contribution in [1.82, 2.24) is 4.31 Å². The van der Waals surface area contributed by atoms with Gasteiger partial charge >= 0.3 is 5.97 Å². The van der Waals surface area contributed by atoms with Crippen LogP contribution in [0.1, 0.15) is 24.0 Å². The molecule has 1 saturated heterocycles. The number of sulfonamides is 1. The van der Waals surface area contributed by atoms with E-state index in [1.807, 2.05) is 13.0 Å². The second-order valence-electron chi connectivity index (χ2n) is 5.51. The number of piperidine rings is 1. The number of hydrogen-bond acceptors (Lipinski definition) is 4. The fourth-order valence-electron chi connectivity index (χ4n) is 2.43. The van der Waals surface area contributed by atoms with E-state index in [1.165, 1.54) is 4.31 Å². The van der Waals surface area contributed by atoms with Gasteiger partial charge in [-0.3, -0.25) is 0 Å². The van der Waals surface area contributed by atoms with Gasteiger partial charge < -0.3 is 10.2 Å². The van der Waals surface area contributed by atoms with Crippen molar-refractivity contribution in [2.45, 2.75) is 37.2 Å². The first-order valence-corrected chi connectivity index (χ1v) is 8.14. The highest BCUT2D eigenvalue weighted by Crippen LogP contribution is 2.28. The minimum absolute atomic E-state index is 0.00147. The minimum atomic E-state index is -3.66. The largest absolute Gasteiger partial charge is 0.479 e. The molecule has 2 N–H and O–H groups in total. The van der Waals surface area contributed by atoms with Gasteiger partial charge in [0.05, 0.1) is 4.90 Å². The third-order valence-electron chi connectivity index (χ3n) is 3.91. The first-order chi connectivity index (χ1) is 9.67. The van der Waals surface area contributed by atoms with Crippen LogP contribution in [0.4, 0.5) is 0 Å². The number of benzene rings is 1. The van der Waals surface area contributed by atoms with Crippen molar-refractivity contribution >= 4 is 16.0 Å². The van der Waals surface area contributed by atoms with Gasteiger partial charge in [0.2, 0.25) is 10.0 Å². The summed E-state index contributed by atoms with van der Waals surface area (Å²) >= 11 is 0. The summed E-state index contributed by atoms with van der Waals surface area (Å²) in [7, 11) is -3.66. The number of rotatable bonds is 3. The Morgan fingerprint density at radius 1 is 1.24 bits per heavy atom. The zero-order chi connectivity index (χ0) is 15.8. The van der Waals surface area contributed by atoms with Crippen LogP contribution in [0.2, 0.25) is 0 Å². The van der Waals surface area contributed by atoms with Gasteiger partial charge in [-0.15, -0.1) is 0 Å². The van der Waals surface area contributed by atoms with Crippen LogP contribution in [0.3, 0.4) is 0 Å². The summed E-state index contributed by atoms with van der Waals surface area (Å²) in [4.78, 5) is 11.2. The zero-order valence-electron chi connectivity index (χ0n) is 12.0. The second-order valence-corrected chi connectivity index (χ2v) is 7.42. The lowest BCUT2D eigenvalue weighted by Crippen LogP contribution is -2.50. The quantitative estimate of drug-likeness (QED) is 0.864. The Bertz CT molecular complexity index is 660. The van der Waals surface area contributed by atoms with E-state index in [9.17, 15) is 18.3 Å². The molecule has 21 heavy (non-hydrogen) atoms. The molecular weight excluding hydrogens is 294 g/mol. The maximum Gasteiger partial charge on any atom is 0.335 e. The van der Waals surface area contributed by atoms with E-state index in [4.69, 9.17) is 5.11 Å². The summed E-state index contributed by atoms with van der Waals surface area (Å²) in [6.07, 6.45) is -0.209. The Labute approximate surface area is 124 Å². The van der Waals surface area contributed by atoms with E-state index < -0.39 is 21.6 Å². The summed E-state index contributed by atoms with van der Waals surface area (Å²) in [6, 6.07) is 5.20. The lowest BCUT2D eigenvalue weighted by atomic mass is 9.93. The topological polar surface area (TPSA) is 94.9 Å².